The molecular formula is C21H22N2O3. The molecule has 0 aromatic heterocycles. The number of carbonyl (C=O) groups is 3. The van der Waals surface area contributed by atoms with Crippen molar-refractivity contribution in [3.05, 3.63) is 42.0 Å². The number of nitrogens with zero attached hydrogens (tertiary/aromatic N) is 2. The fourth-order valence-electron chi connectivity index (χ4n) is 5.19. The largest absolute Gasteiger partial charge is 0.339 e. The monoisotopic (exact) mass is 350 g/mol. The third kappa shape index (κ3) is 2.19. The number of imide groups is 1. The molecule has 26 heavy (non-hydrogen) atoms. The van der Waals surface area contributed by atoms with Crippen molar-refractivity contribution in [2.75, 3.05) is 18.0 Å². The van der Waals surface area contributed by atoms with Crippen molar-refractivity contribution in [1.82, 2.24) is 4.90 Å². The van der Waals surface area contributed by atoms with Crippen LogP contribution in [0.2, 0.25) is 0 Å². The van der Waals surface area contributed by atoms with Crippen molar-refractivity contribution in [2.24, 2.45) is 23.7 Å². The first-order chi connectivity index (χ1) is 12.6. The molecule has 2 saturated heterocycles. The van der Waals surface area contributed by atoms with Gasteiger partial charge < -0.3 is 4.90 Å². The van der Waals surface area contributed by atoms with Crippen LogP contribution in [0.4, 0.5) is 5.69 Å². The van der Waals surface area contributed by atoms with Gasteiger partial charge in [0.05, 0.1) is 17.5 Å². The molecule has 5 rings (SSSR count). The summed E-state index contributed by atoms with van der Waals surface area (Å²) in [6.07, 6.45) is 8.42. The predicted octanol–water partition coefficient (Wildman–Crippen LogP) is 2.62. The Kier molecular flexibility index (Phi) is 3.52. The van der Waals surface area contributed by atoms with E-state index in [0.717, 1.165) is 32.4 Å². The highest BCUT2D eigenvalue weighted by Gasteiger charge is 2.59. The van der Waals surface area contributed by atoms with Gasteiger partial charge in [0.25, 0.3) is 5.91 Å². The summed E-state index contributed by atoms with van der Waals surface area (Å²) in [5.41, 5.74) is 1.21. The van der Waals surface area contributed by atoms with Gasteiger partial charge in [-0.2, -0.15) is 0 Å². The summed E-state index contributed by atoms with van der Waals surface area (Å²) in [5.74, 6) is -0.0644. The quantitative estimate of drug-likeness (QED) is 0.609. The number of fused-ring (bicyclic) bond motifs is 5. The van der Waals surface area contributed by atoms with Crippen LogP contribution in [-0.4, -0.2) is 35.7 Å². The van der Waals surface area contributed by atoms with Crippen molar-refractivity contribution in [2.45, 2.75) is 25.7 Å². The second-order valence-corrected chi connectivity index (χ2v) is 7.91. The van der Waals surface area contributed by atoms with E-state index in [1.165, 1.54) is 11.3 Å². The van der Waals surface area contributed by atoms with Gasteiger partial charge in [-0.05, 0) is 61.8 Å². The van der Waals surface area contributed by atoms with E-state index in [1.807, 2.05) is 4.90 Å². The summed E-state index contributed by atoms with van der Waals surface area (Å²) in [5, 5.41) is 0. The molecule has 0 unspecified atom stereocenters. The van der Waals surface area contributed by atoms with Crippen LogP contribution in [-0.2, 0) is 9.59 Å². The van der Waals surface area contributed by atoms with Crippen LogP contribution in [0.25, 0.3) is 0 Å². The van der Waals surface area contributed by atoms with Crippen molar-refractivity contribution >= 4 is 23.4 Å². The first-order valence-corrected chi connectivity index (χ1v) is 9.60. The number of hydrogen-bond donors (Lipinski definition) is 0. The third-order valence-electron chi connectivity index (χ3n) is 6.49. The normalized spacial score (nSPS) is 32.5. The fraction of sp³-hybridized carbons (Fsp3) is 0.476. The summed E-state index contributed by atoms with van der Waals surface area (Å²) in [6, 6.07) is 6.97. The van der Waals surface area contributed by atoms with Crippen molar-refractivity contribution in [1.29, 1.82) is 0 Å². The summed E-state index contributed by atoms with van der Waals surface area (Å²) < 4.78 is 0. The molecule has 1 saturated carbocycles. The topological polar surface area (TPSA) is 57.7 Å². The Morgan fingerprint density at radius 3 is 2.00 bits per heavy atom. The van der Waals surface area contributed by atoms with Crippen LogP contribution in [0.15, 0.2) is 36.4 Å². The summed E-state index contributed by atoms with van der Waals surface area (Å²) in [6.45, 7) is 1.62. The van der Waals surface area contributed by atoms with Crippen LogP contribution in [0.5, 0.6) is 0 Å². The molecule has 1 aromatic carbocycles. The van der Waals surface area contributed by atoms with E-state index in [-0.39, 0.29) is 41.4 Å². The molecular weight excluding hydrogens is 328 g/mol. The highest BCUT2D eigenvalue weighted by atomic mass is 16.2. The number of benzene rings is 1. The minimum atomic E-state index is -0.188. The Morgan fingerprint density at radius 2 is 1.42 bits per heavy atom. The van der Waals surface area contributed by atoms with Gasteiger partial charge in [0, 0.05) is 18.7 Å². The number of piperidine rings is 1. The maximum Gasteiger partial charge on any atom is 0.253 e. The summed E-state index contributed by atoms with van der Waals surface area (Å²) in [4.78, 5) is 41.5. The number of amides is 3. The second kappa shape index (κ2) is 5.79. The van der Waals surface area contributed by atoms with Gasteiger partial charge in [-0.3, -0.25) is 19.3 Å². The van der Waals surface area contributed by atoms with E-state index in [2.05, 4.69) is 12.2 Å². The van der Waals surface area contributed by atoms with Gasteiger partial charge in [-0.1, -0.05) is 12.2 Å². The smallest absolute Gasteiger partial charge is 0.253 e. The van der Waals surface area contributed by atoms with E-state index in [4.69, 9.17) is 0 Å². The lowest BCUT2D eigenvalue weighted by Gasteiger charge is -2.27. The SMILES string of the molecule is O=C(c1ccc(N2C(=O)[C@@H]3[C@H](C2=O)[C@@H]2C=C[C@H]3C2)cc1)N1CCCCC1. The minimum absolute atomic E-state index is 0.0365. The van der Waals surface area contributed by atoms with Gasteiger partial charge in [0.1, 0.15) is 0 Å². The van der Waals surface area contributed by atoms with E-state index in [0.29, 0.717) is 11.3 Å². The van der Waals surface area contributed by atoms with Crippen LogP contribution in [0.1, 0.15) is 36.0 Å². The van der Waals surface area contributed by atoms with Gasteiger partial charge in [0.2, 0.25) is 11.8 Å². The molecule has 1 aromatic rings. The Hall–Kier alpha value is -2.43. The number of allylic oxidation sites excluding steroid dienone is 2. The van der Waals surface area contributed by atoms with Crippen molar-refractivity contribution in [3.63, 3.8) is 0 Å². The Labute approximate surface area is 152 Å². The summed E-state index contributed by atoms with van der Waals surface area (Å²) >= 11 is 0. The van der Waals surface area contributed by atoms with Gasteiger partial charge in [-0.15, -0.1) is 0 Å². The highest BCUT2D eigenvalue weighted by molar-refractivity contribution is 6.22. The fourth-order valence-corrected chi connectivity index (χ4v) is 5.19. The molecule has 4 aliphatic rings. The molecule has 3 amide bonds. The van der Waals surface area contributed by atoms with Crippen LogP contribution in [0.3, 0.4) is 0 Å². The average Bonchev–Trinajstić information content (AvgIpc) is 3.36. The zero-order chi connectivity index (χ0) is 17.8. The Bertz CT molecular complexity index is 777. The lowest BCUT2D eigenvalue weighted by Crippen LogP contribution is -2.35. The van der Waals surface area contributed by atoms with Gasteiger partial charge in [0.15, 0.2) is 0 Å². The van der Waals surface area contributed by atoms with E-state index >= 15 is 0 Å². The molecule has 2 heterocycles. The number of rotatable bonds is 2. The molecule has 0 N–H and O–H groups in total. The molecule has 0 spiro atoms. The Balaban J connectivity index is 1.37. The van der Waals surface area contributed by atoms with E-state index < -0.39 is 0 Å². The molecule has 2 aliphatic heterocycles. The number of likely N-dealkylation sites (tertiary alicyclic amines) is 1. The number of anilines is 1. The maximum absolute atomic E-state index is 12.8. The molecule has 2 aliphatic carbocycles. The van der Waals surface area contributed by atoms with Gasteiger partial charge in [-0.25, -0.2) is 0 Å². The lowest BCUT2D eigenvalue weighted by atomic mass is 9.85. The van der Waals surface area contributed by atoms with Crippen LogP contribution >= 0.6 is 0 Å². The second-order valence-electron chi connectivity index (χ2n) is 7.91. The predicted molar refractivity (Wildman–Crippen MR) is 96.4 cm³/mol. The third-order valence-corrected chi connectivity index (χ3v) is 6.49. The first-order valence-electron chi connectivity index (χ1n) is 9.60. The van der Waals surface area contributed by atoms with E-state index in [1.54, 1.807) is 24.3 Å². The summed E-state index contributed by atoms with van der Waals surface area (Å²) in [7, 11) is 0. The first kappa shape index (κ1) is 15.8. The van der Waals surface area contributed by atoms with Gasteiger partial charge >= 0.3 is 0 Å². The van der Waals surface area contributed by atoms with Crippen LogP contribution < -0.4 is 4.90 Å². The standard InChI is InChI=1S/C21H22N2O3/c24-19(22-10-2-1-3-11-22)13-6-8-16(9-7-13)23-20(25)17-14-4-5-15(12-14)18(17)21(23)26/h4-9,14-15,17-18H,1-3,10-12H2/t14-,15+,17-,18+. The maximum atomic E-state index is 12.8. The highest BCUT2D eigenvalue weighted by Crippen LogP contribution is 2.53. The lowest BCUT2D eigenvalue weighted by molar-refractivity contribution is -0.123. The molecule has 0 radical (unpaired) electrons. The molecule has 5 heteroatoms. The molecule has 2 bridgehead atoms. The number of carbonyl (C=O) groups excluding carboxylic acids is 3. The van der Waals surface area contributed by atoms with Crippen molar-refractivity contribution in [3.8, 4) is 0 Å². The Morgan fingerprint density at radius 1 is 0.846 bits per heavy atom. The molecule has 3 fully saturated rings. The minimum Gasteiger partial charge on any atom is -0.339 e. The van der Waals surface area contributed by atoms with Crippen molar-refractivity contribution < 1.29 is 14.4 Å². The number of hydrogen-bond acceptors (Lipinski definition) is 3. The average molecular weight is 350 g/mol. The molecule has 4 atom stereocenters. The van der Waals surface area contributed by atoms with Crippen LogP contribution in [0, 0.1) is 23.7 Å². The zero-order valence-electron chi connectivity index (χ0n) is 14.6. The molecule has 134 valence electrons. The molecule has 5 nitrogen and oxygen atoms in total. The van der Waals surface area contributed by atoms with E-state index in [9.17, 15) is 14.4 Å². The zero-order valence-corrected chi connectivity index (χ0v) is 14.6.